The minimum Gasteiger partial charge on any atom is -0.496 e. The van der Waals surface area contributed by atoms with E-state index in [4.69, 9.17) is 16.3 Å². The molecule has 1 N–H and O–H groups in total. The molecule has 1 aliphatic rings. The second-order valence-corrected chi connectivity index (χ2v) is 6.19. The number of hydrogen-bond donors (Lipinski definition) is 1. The number of halogens is 1. The summed E-state index contributed by atoms with van der Waals surface area (Å²) in [6, 6.07) is 5.50. The van der Waals surface area contributed by atoms with E-state index in [2.05, 4.69) is 0 Å². The number of likely N-dealkylation sites (tertiary alicyclic amines) is 1. The molecule has 1 heterocycles. The van der Waals surface area contributed by atoms with Gasteiger partial charge in [0.1, 0.15) is 5.75 Å². The van der Waals surface area contributed by atoms with Crippen LogP contribution in [0.3, 0.4) is 0 Å². The van der Waals surface area contributed by atoms with E-state index in [0.717, 1.165) is 24.3 Å². The van der Waals surface area contributed by atoms with Crippen molar-refractivity contribution in [3.05, 3.63) is 28.8 Å². The number of benzene rings is 1. The molecule has 0 aromatic heterocycles. The quantitative estimate of drug-likeness (QED) is 0.829. The number of aliphatic hydroxyl groups is 1. The van der Waals surface area contributed by atoms with Crippen LogP contribution >= 0.6 is 11.6 Å². The molecular weight excluding hydrogens is 304 g/mol. The predicted octanol–water partition coefficient (Wildman–Crippen LogP) is 1.76. The van der Waals surface area contributed by atoms with E-state index in [1.54, 1.807) is 18.1 Å². The summed E-state index contributed by atoms with van der Waals surface area (Å²) in [4.78, 5) is 15.3. The Morgan fingerprint density at radius 2 is 2.27 bits per heavy atom. The van der Waals surface area contributed by atoms with Gasteiger partial charge in [-0.15, -0.1) is 0 Å². The summed E-state index contributed by atoms with van der Waals surface area (Å²) >= 11 is 6.02. The molecule has 1 unspecified atom stereocenters. The number of likely N-dealkylation sites (N-methyl/N-ethyl adjacent to an activating group) is 1. The molecule has 0 aliphatic carbocycles. The van der Waals surface area contributed by atoms with Gasteiger partial charge in [-0.05, 0) is 31.7 Å². The van der Waals surface area contributed by atoms with Crippen molar-refractivity contribution < 1.29 is 14.6 Å². The number of rotatable bonds is 7. The van der Waals surface area contributed by atoms with E-state index >= 15 is 0 Å². The maximum absolute atomic E-state index is 11.6. The molecule has 1 saturated heterocycles. The second-order valence-electron chi connectivity index (χ2n) is 5.75. The van der Waals surface area contributed by atoms with Gasteiger partial charge in [0.05, 0.1) is 13.2 Å². The number of hydrogen-bond acceptors (Lipinski definition) is 4. The van der Waals surface area contributed by atoms with Crippen LogP contribution < -0.4 is 4.74 Å². The van der Waals surface area contributed by atoms with Gasteiger partial charge >= 0.3 is 0 Å². The number of ether oxygens (including phenoxy) is 1. The van der Waals surface area contributed by atoms with Crippen LogP contribution in [0.15, 0.2) is 18.2 Å². The van der Waals surface area contributed by atoms with Crippen LogP contribution in [0.1, 0.15) is 18.4 Å². The van der Waals surface area contributed by atoms with Crippen LogP contribution in [-0.2, 0) is 11.3 Å². The second kappa shape index (κ2) is 7.81. The third kappa shape index (κ3) is 4.60. The fraction of sp³-hybridized carbons (Fsp3) is 0.562. The first kappa shape index (κ1) is 17.1. The summed E-state index contributed by atoms with van der Waals surface area (Å²) in [7, 11) is 3.55. The molecule has 1 aromatic rings. The Labute approximate surface area is 136 Å². The summed E-state index contributed by atoms with van der Waals surface area (Å²) in [5, 5.41) is 10.8. The normalized spacial score (nSPS) is 16.4. The van der Waals surface area contributed by atoms with E-state index in [9.17, 15) is 9.90 Å². The van der Waals surface area contributed by atoms with E-state index < -0.39 is 6.10 Å². The van der Waals surface area contributed by atoms with Gasteiger partial charge in [0.2, 0.25) is 5.91 Å². The number of β-amino-alcohol motifs (C(OH)–C–C–N with tert-alkyl or cyclic N) is 1. The first-order valence-corrected chi connectivity index (χ1v) is 7.84. The summed E-state index contributed by atoms with van der Waals surface area (Å²) in [6.07, 6.45) is 0.931. The molecule has 22 heavy (non-hydrogen) atoms. The lowest BCUT2D eigenvalue weighted by Gasteiger charge is -2.25. The zero-order valence-corrected chi connectivity index (χ0v) is 13.8. The molecule has 122 valence electrons. The van der Waals surface area contributed by atoms with E-state index in [-0.39, 0.29) is 5.91 Å². The van der Waals surface area contributed by atoms with Crippen LogP contribution in [-0.4, -0.2) is 60.7 Å². The van der Waals surface area contributed by atoms with Crippen molar-refractivity contribution >= 4 is 17.5 Å². The predicted molar refractivity (Wildman–Crippen MR) is 86.2 cm³/mol. The fourth-order valence-electron chi connectivity index (χ4n) is 2.80. The average molecular weight is 327 g/mol. The highest BCUT2D eigenvalue weighted by Gasteiger charge is 2.23. The Hall–Kier alpha value is -1.30. The first-order valence-electron chi connectivity index (χ1n) is 7.46. The van der Waals surface area contributed by atoms with Gasteiger partial charge in [-0.2, -0.15) is 0 Å². The zero-order valence-electron chi connectivity index (χ0n) is 13.1. The number of amides is 1. The standard InChI is InChI=1S/C16H23ClN2O3/c1-18(9-12-8-13(17)5-6-15(12)22-2)10-14(20)11-19-7-3-4-16(19)21/h5-6,8,14,20H,3-4,7,9-11H2,1-2H3. The van der Waals surface area contributed by atoms with E-state index in [1.807, 2.05) is 24.1 Å². The summed E-state index contributed by atoms with van der Waals surface area (Å²) in [5.74, 6) is 0.915. The highest BCUT2D eigenvalue weighted by atomic mass is 35.5. The Morgan fingerprint density at radius 1 is 1.50 bits per heavy atom. The maximum Gasteiger partial charge on any atom is 0.222 e. The van der Waals surface area contributed by atoms with Gasteiger partial charge in [0.15, 0.2) is 0 Å². The average Bonchev–Trinajstić information content (AvgIpc) is 2.84. The third-order valence-corrected chi connectivity index (χ3v) is 4.04. The Bertz CT molecular complexity index is 524. The van der Waals surface area contributed by atoms with Gasteiger partial charge in [-0.25, -0.2) is 0 Å². The molecule has 1 aromatic carbocycles. The lowest BCUT2D eigenvalue weighted by Crippen LogP contribution is -2.39. The molecule has 1 amide bonds. The molecule has 1 aliphatic heterocycles. The Kier molecular flexibility index (Phi) is 6.06. The first-order chi connectivity index (χ1) is 10.5. The SMILES string of the molecule is COc1ccc(Cl)cc1CN(C)CC(O)CN1CCCC1=O. The van der Waals surface area contributed by atoms with Crippen molar-refractivity contribution in [2.45, 2.75) is 25.5 Å². The lowest BCUT2D eigenvalue weighted by atomic mass is 10.2. The molecule has 0 saturated carbocycles. The van der Waals surface area contributed by atoms with Crippen molar-refractivity contribution in [3.63, 3.8) is 0 Å². The van der Waals surface area contributed by atoms with Crippen LogP contribution in [0, 0.1) is 0 Å². The third-order valence-electron chi connectivity index (χ3n) is 3.81. The van der Waals surface area contributed by atoms with Crippen molar-refractivity contribution in [1.82, 2.24) is 9.80 Å². The smallest absolute Gasteiger partial charge is 0.222 e. The number of carbonyl (C=O) groups is 1. The van der Waals surface area contributed by atoms with E-state index in [1.165, 1.54) is 0 Å². The van der Waals surface area contributed by atoms with Crippen molar-refractivity contribution in [2.75, 3.05) is 33.8 Å². The number of nitrogens with zero attached hydrogens (tertiary/aromatic N) is 2. The van der Waals surface area contributed by atoms with Crippen molar-refractivity contribution in [1.29, 1.82) is 0 Å². The molecule has 0 bridgehead atoms. The van der Waals surface area contributed by atoms with Crippen LogP contribution in [0.5, 0.6) is 5.75 Å². The number of aliphatic hydroxyl groups excluding tert-OH is 1. The molecule has 2 rings (SSSR count). The van der Waals surface area contributed by atoms with Gasteiger partial charge < -0.3 is 14.7 Å². The number of carbonyl (C=O) groups excluding carboxylic acids is 1. The summed E-state index contributed by atoms with van der Waals surface area (Å²) < 4.78 is 5.33. The molecular formula is C16H23ClN2O3. The van der Waals surface area contributed by atoms with Crippen molar-refractivity contribution in [2.24, 2.45) is 0 Å². The minimum atomic E-state index is -0.558. The largest absolute Gasteiger partial charge is 0.496 e. The number of methoxy groups -OCH3 is 1. The van der Waals surface area contributed by atoms with Crippen LogP contribution in [0.4, 0.5) is 0 Å². The fourth-order valence-corrected chi connectivity index (χ4v) is 2.99. The zero-order chi connectivity index (χ0) is 16.1. The molecule has 1 atom stereocenters. The highest BCUT2D eigenvalue weighted by molar-refractivity contribution is 6.30. The maximum atomic E-state index is 11.6. The lowest BCUT2D eigenvalue weighted by molar-refractivity contribution is -0.129. The molecule has 1 fully saturated rings. The topological polar surface area (TPSA) is 53.0 Å². The van der Waals surface area contributed by atoms with Gasteiger partial charge in [-0.1, -0.05) is 11.6 Å². The highest BCUT2D eigenvalue weighted by Crippen LogP contribution is 2.23. The van der Waals surface area contributed by atoms with Gasteiger partial charge in [-0.3, -0.25) is 9.69 Å². The van der Waals surface area contributed by atoms with Gasteiger partial charge in [0, 0.05) is 43.2 Å². The molecule has 6 heteroatoms. The summed E-state index contributed by atoms with van der Waals surface area (Å²) in [6.45, 7) is 2.26. The summed E-state index contributed by atoms with van der Waals surface area (Å²) in [5.41, 5.74) is 0.974. The van der Waals surface area contributed by atoms with Crippen LogP contribution in [0.2, 0.25) is 5.02 Å². The van der Waals surface area contributed by atoms with Gasteiger partial charge in [0.25, 0.3) is 0 Å². The Balaban J connectivity index is 1.88. The molecule has 0 spiro atoms. The molecule has 5 nitrogen and oxygen atoms in total. The Morgan fingerprint density at radius 3 is 2.91 bits per heavy atom. The minimum absolute atomic E-state index is 0.137. The molecule has 0 radical (unpaired) electrons. The van der Waals surface area contributed by atoms with Crippen LogP contribution in [0.25, 0.3) is 0 Å². The van der Waals surface area contributed by atoms with E-state index in [0.29, 0.717) is 31.1 Å². The van der Waals surface area contributed by atoms with Crippen molar-refractivity contribution in [3.8, 4) is 5.75 Å². The monoisotopic (exact) mass is 326 g/mol.